The van der Waals surface area contributed by atoms with Gasteiger partial charge in [-0.25, -0.2) is 14.0 Å². The number of nitrogens with zero attached hydrogens (tertiary/aromatic N) is 1. The number of benzene rings is 2. The number of hydrogen-bond acceptors (Lipinski definition) is 8. The van der Waals surface area contributed by atoms with Crippen LogP contribution in [-0.4, -0.2) is 73.7 Å². The second kappa shape index (κ2) is 18.5. The number of fused-ring (bicyclic) bond motifs is 1. The molecule has 2 N–H and O–H groups in total. The van der Waals surface area contributed by atoms with Gasteiger partial charge >= 0.3 is 12.1 Å². The van der Waals surface area contributed by atoms with E-state index >= 15 is 0 Å². The Balaban J connectivity index is 0.000000288. The molecule has 268 valence electrons. The zero-order valence-electron chi connectivity index (χ0n) is 29.8. The summed E-state index contributed by atoms with van der Waals surface area (Å²) in [4.78, 5) is 49.4. The van der Waals surface area contributed by atoms with Crippen molar-refractivity contribution in [1.82, 2.24) is 10.2 Å². The molecule has 0 radical (unpaired) electrons. The fourth-order valence-corrected chi connectivity index (χ4v) is 5.86. The van der Waals surface area contributed by atoms with Crippen molar-refractivity contribution < 1.29 is 37.5 Å². The topological polar surface area (TPSA) is 127 Å². The number of rotatable bonds is 13. The largest absolute Gasteiger partial charge is 0.460 e. The van der Waals surface area contributed by atoms with Crippen molar-refractivity contribution in [2.24, 2.45) is 11.8 Å². The molecule has 2 heterocycles. The van der Waals surface area contributed by atoms with Gasteiger partial charge in [-0.3, -0.25) is 9.69 Å². The minimum absolute atomic E-state index is 0.0132. The molecule has 4 rings (SSSR count). The van der Waals surface area contributed by atoms with Gasteiger partial charge in [0.15, 0.2) is 0 Å². The smallest absolute Gasteiger partial charge is 0.407 e. The van der Waals surface area contributed by atoms with E-state index < -0.39 is 30.4 Å². The van der Waals surface area contributed by atoms with Gasteiger partial charge in [-0.1, -0.05) is 44.2 Å². The Hall–Kier alpha value is -4.25. The first kappa shape index (κ1) is 39.2. The van der Waals surface area contributed by atoms with E-state index in [1.54, 1.807) is 45.9 Å². The van der Waals surface area contributed by atoms with Crippen LogP contribution < -0.4 is 10.6 Å². The quantitative estimate of drug-likeness (QED) is 0.140. The highest BCUT2D eigenvalue weighted by atomic mass is 19.1. The summed E-state index contributed by atoms with van der Waals surface area (Å²) < 4.78 is 28.7. The number of alkyl halides is 1. The number of esters is 1. The predicted octanol–water partition coefficient (Wildman–Crippen LogP) is 7.53. The summed E-state index contributed by atoms with van der Waals surface area (Å²) in [5, 5.41) is 6.33. The molecule has 0 aliphatic carbocycles. The number of aldehydes is 1. The molecule has 10 nitrogen and oxygen atoms in total. The van der Waals surface area contributed by atoms with E-state index in [9.17, 15) is 23.6 Å². The minimum Gasteiger partial charge on any atom is -0.460 e. The zero-order chi connectivity index (χ0) is 36.1. The van der Waals surface area contributed by atoms with Crippen molar-refractivity contribution in [1.29, 1.82) is 0 Å². The SMILES string of the molecule is CCOC(=O)c1cc2cc(NC(=O)C3[C@@H](c4ccccc4)CCN3C)ccc2o1.CC[C@@H](C=O)CC[C@@H](C)C(CF)NC(=O)OC(C)(C)C. The van der Waals surface area contributed by atoms with Crippen LogP contribution in [-0.2, 0) is 19.1 Å². The molecule has 3 aromatic rings. The summed E-state index contributed by atoms with van der Waals surface area (Å²) in [6, 6.07) is 16.4. The average molecular weight is 682 g/mol. The number of carbonyl (C=O) groups excluding carboxylic acids is 4. The van der Waals surface area contributed by atoms with E-state index in [-0.39, 0.29) is 42.1 Å². The number of amides is 2. The number of hydrogen-bond donors (Lipinski definition) is 2. The fraction of sp³-hybridized carbons (Fsp3) is 0.526. The highest BCUT2D eigenvalue weighted by molar-refractivity contribution is 5.98. The maximum atomic E-state index is 13.1. The van der Waals surface area contributed by atoms with Crippen molar-refractivity contribution in [3.63, 3.8) is 0 Å². The van der Waals surface area contributed by atoms with Gasteiger partial charge in [-0.15, -0.1) is 0 Å². The Morgan fingerprint density at radius 3 is 2.41 bits per heavy atom. The molecule has 5 atom stereocenters. The molecule has 49 heavy (non-hydrogen) atoms. The first-order chi connectivity index (χ1) is 23.3. The number of furan rings is 1. The van der Waals surface area contributed by atoms with E-state index in [4.69, 9.17) is 13.9 Å². The van der Waals surface area contributed by atoms with Crippen LogP contribution in [0.3, 0.4) is 0 Å². The molecule has 0 bridgehead atoms. The Morgan fingerprint density at radius 2 is 1.80 bits per heavy atom. The molecule has 0 spiro atoms. The molecule has 2 unspecified atom stereocenters. The zero-order valence-corrected chi connectivity index (χ0v) is 29.8. The number of likely N-dealkylation sites (N-methyl/N-ethyl adjacent to an activating group) is 1. The van der Waals surface area contributed by atoms with Gasteiger partial charge in [0.25, 0.3) is 0 Å². The molecule has 1 aliphatic rings. The molecule has 11 heteroatoms. The molecule has 0 saturated carbocycles. The number of alkyl carbamates (subject to hydrolysis) is 1. The normalized spacial score (nSPS) is 18.0. The van der Waals surface area contributed by atoms with Crippen molar-refractivity contribution in [2.45, 2.75) is 90.8 Å². The molecule has 2 amide bonds. The van der Waals surface area contributed by atoms with Crippen LogP contribution in [0.15, 0.2) is 59.0 Å². The van der Waals surface area contributed by atoms with Crippen LogP contribution in [0.25, 0.3) is 11.0 Å². The van der Waals surface area contributed by atoms with Gasteiger partial charge in [0.2, 0.25) is 11.7 Å². The third kappa shape index (κ3) is 11.7. The number of nitrogens with one attached hydrogen (secondary N) is 2. The van der Waals surface area contributed by atoms with Gasteiger partial charge < -0.3 is 29.3 Å². The minimum atomic E-state index is -0.641. The maximum absolute atomic E-state index is 13.1. The number of ether oxygens (including phenoxy) is 2. The summed E-state index contributed by atoms with van der Waals surface area (Å²) in [7, 11) is 1.98. The number of halogens is 1. The first-order valence-corrected chi connectivity index (χ1v) is 17.1. The summed E-state index contributed by atoms with van der Waals surface area (Å²) in [5.41, 5.74) is 1.83. The van der Waals surface area contributed by atoms with Crippen LogP contribution in [0, 0.1) is 11.8 Å². The summed E-state index contributed by atoms with van der Waals surface area (Å²) >= 11 is 0. The molecule has 1 fully saturated rings. The molecule has 1 aromatic heterocycles. The summed E-state index contributed by atoms with van der Waals surface area (Å²) in [6.07, 6.45) is 3.49. The Morgan fingerprint density at radius 1 is 1.08 bits per heavy atom. The molecule has 2 aromatic carbocycles. The lowest BCUT2D eigenvalue weighted by molar-refractivity contribution is -0.120. The van der Waals surface area contributed by atoms with Crippen molar-refractivity contribution in [3.8, 4) is 0 Å². The second-order valence-electron chi connectivity index (χ2n) is 13.6. The standard InChI is InChI=1S/C23H24N2O4.C15H28FNO3/c1-3-28-23(27)20-14-16-13-17(9-10-19(16)29-20)24-22(26)21-18(11-12-25(21)2)15-7-5-4-6-8-15;1-6-12(10-18)8-7-11(2)13(9-16)17-14(19)20-15(3,4)5/h4-10,13-14,18,21H,3,11-12H2,1-2H3,(H,24,26);10-13H,6-9H2,1-5H3,(H,17,19)/t18-,21?;11-,12-,13?/m11/s1. The fourth-order valence-electron chi connectivity index (χ4n) is 5.86. The molecule has 1 saturated heterocycles. The second-order valence-corrected chi connectivity index (χ2v) is 13.6. The van der Waals surface area contributed by atoms with E-state index in [1.807, 2.05) is 45.2 Å². The average Bonchev–Trinajstić information content (AvgIpc) is 3.67. The Kier molecular flexibility index (Phi) is 14.8. The third-order valence-electron chi connectivity index (χ3n) is 8.67. The van der Waals surface area contributed by atoms with Gasteiger partial charge in [0.05, 0.1) is 18.7 Å². The lowest BCUT2D eigenvalue weighted by Gasteiger charge is -2.26. The van der Waals surface area contributed by atoms with Crippen molar-refractivity contribution in [2.75, 3.05) is 32.2 Å². The summed E-state index contributed by atoms with van der Waals surface area (Å²) in [6.45, 7) is 11.4. The number of anilines is 1. The van der Waals surface area contributed by atoms with Crippen LogP contribution in [0.2, 0.25) is 0 Å². The maximum Gasteiger partial charge on any atom is 0.407 e. The predicted molar refractivity (Wildman–Crippen MR) is 188 cm³/mol. The van der Waals surface area contributed by atoms with E-state index in [2.05, 4.69) is 27.7 Å². The van der Waals surface area contributed by atoms with E-state index in [1.165, 1.54) is 5.56 Å². The van der Waals surface area contributed by atoms with Crippen LogP contribution >= 0.6 is 0 Å². The van der Waals surface area contributed by atoms with E-state index in [0.29, 0.717) is 24.1 Å². The van der Waals surface area contributed by atoms with Crippen LogP contribution in [0.5, 0.6) is 0 Å². The van der Waals surface area contributed by atoms with Crippen LogP contribution in [0.4, 0.5) is 14.9 Å². The monoisotopic (exact) mass is 681 g/mol. The Bertz CT molecular complexity index is 1520. The molecular formula is C38H52FN3O7. The van der Waals surface area contributed by atoms with Gasteiger partial charge in [0.1, 0.15) is 24.1 Å². The molecule has 1 aliphatic heterocycles. The lowest BCUT2D eigenvalue weighted by Crippen LogP contribution is -2.43. The van der Waals surface area contributed by atoms with Gasteiger partial charge in [-0.05, 0) is 103 Å². The van der Waals surface area contributed by atoms with Gasteiger partial charge in [0, 0.05) is 22.9 Å². The van der Waals surface area contributed by atoms with E-state index in [0.717, 1.165) is 31.1 Å². The highest BCUT2D eigenvalue weighted by Crippen LogP contribution is 2.33. The number of likely N-dealkylation sites (tertiary alicyclic amines) is 1. The van der Waals surface area contributed by atoms with Crippen molar-refractivity contribution >= 4 is 40.9 Å². The molecular weight excluding hydrogens is 629 g/mol. The van der Waals surface area contributed by atoms with Crippen LogP contribution in [0.1, 0.15) is 89.3 Å². The lowest BCUT2D eigenvalue weighted by atomic mass is 9.91. The number of carbonyl (C=O) groups is 4. The third-order valence-corrected chi connectivity index (χ3v) is 8.67. The first-order valence-electron chi connectivity index (χ1n) is 17.1. The Labute approximate surface area is 289 Å². The highest BCUT2D eigenvalue weighted by Gasteiger charge is 2.38. The summed E-state index contributed by atoms with van der Waals surface area (Å²) in [5.74, 6) is -0.236. The van der Waals surface area contributed by atoms with Crippen molar-refractivity contribution in [3.05, 3.63) is 65.9 Å². The van der Waals surface area contributed by atoms with Gasteiger partial charge in [-0.2, -0.15) is 0 Å².